The van der Waals surface area contributed by atoms with Crippen molar-refractivity contribution in [2.45, 2.75) is 38.5 Å². The summed E-state index contributed by atoms with van der Waals surface area (Å²) in [5.41, 5.74) is 6.32. The van der Waals surface area contributed by atoms with Crippen LogP contribution in [-0.4, -0.2) is 68.3 Å². The summed E-state index contributed by atoms with van der Waals surface area (Å²) >= 11 is 0. The predicted octanol–water partition coefficient (Wildman–Crippen LogP) is 1.40. The van der Waals surface area contributed by atoms with Crippen molar-refractivity contribution in [1.29, 1.82) is 0 Å². The second-order valence-corrected chi connectivity index (χ2v) is 6.96. The van der Waals surface area contributed by atoms with Gasteiger partial charge in [0.25, 0.3) is 5.91 Å². The zero-order valence-electron chi connectivity index (χ0n) is 16.3. The van der Waals surface area contributed by atoms with Crippen molar-refractivity contribution in [3.05, 3.63) is 18.2 Å². The third kappa shape index (κ3) is 5.20. The molecular formula is C19H26F2N4O4. The first kappa shape index (κ1) is 21.4. The van der Waals surface area contributed by atoms with Crippen molar-refractivity contribution in [2.75, 3.05) is 43.1 Å². The van der Waals surface area contributed by atoms with Crippen LogP contribution in [0.15, 0.2) is 18.2 Å². The van der Waals surface area contributed by atoms with Gasteiger partial charge in [-0.25, -0.2) is 0 Å². The Labute approximate surface area is 167 Å². The van der Waals surface area contributed by atoms with Crippen LogP contribution in [0.3, 0.4) is 0 Å². The van der Waals surface area contributed by atoms with Crippen LogP contribution in [-0.2, 0) is 14.3 Å². The molecule has 0 spiro atoms. The van der Waals surface area contributed by atoms with Crippen LogP contribution in [0.5, 0.6) is 5.75 Å². The van der Waals surface area contributed by atoms with Gasteiger partial charge in [0.15, 0.2) is 5.75 Å². The highest BCUT2D eigenvalue weighted by Gasteiger charge is 2.35. The number of carbonyl (C=O) groups excluding carboxylic acids is 2. The van der Waals surface area contributed by atoms with Crippen LogP contribution in [0, 0.1) is 0 Å². The molecule has 0 radical (unpaired) electrons. The number of ether oxygens (including phenoxy) is 2. The van der Waals surface area contributed by atoms with Crippen molar-refractivity contribution in [3.63, 3.8) is 0 Å². The van der Waals surface area contributed by atoms with E-state index in [0.717, 1.165) is 12.8 Å². The van der Waals surface area contributed by atoms with Gasteiger partial charge in [0.1, 0.15) is 12.6 Å². The number of amides is 2. The minimum Gasteiger partial charge on any atom is -0.433 e. The van der Waals surface area contributed by atoms with Gasteiger partial charge in [-0.2, -0.15) is 8.78 Å². The van der Waals surface area contributed by atoms with Crippen LogP contribution in [0.1, 0.15) is 19.8 Å². The number of halogens is 2. The van der Waals surface area contributed by atoms with E-state index in [1.807, 2.05) is 11.8 Å². The van der Waals surface area contributed by atoms with E-state index >= 15 is 0 Å². The lowest BCUT2D eigenvalue weighted by Gasteiger charge is -2.30. The number of hydrogen-bond acceptors (Lipinski definition) is 6. The fourth-order valence-corrected chi connectivity index (χ4v) is 3.54. The maximum Gasteiger partial charge on any atom is 0.387 e. The molecule has 1 aliphatic carbocycles. The summed E-state index contributed by atoms with van der Waals surface area (Å²) in [6.07, 6.45) is 2.07. The second-order valence-electron chi connectivity index (χ2n) is 6.96. The van der Waals surface area contributed by atoms with E-state index in [0.29, 0.717) is 24.9 Å². The molecule has 160 valence electrons. The highest BCUT2D eigenvalue weighted by Crippen LogP contribution is 2.34. The zero-order chi connectivity index (χ0) is 21.0. The maximum atomic E-state index is 12.9. The highest BCUT2D eigenvalue weighted by atomic mass is 19.3. The summed E-state index contributed by atoms with van der Waals surface area (Å²) < 4.78 is 35.5. The number of benzene rings is 1. The van der Waals surface area contributed by atoms with Gasteiger partial charge < -0.3 is 25.4 Å². The van der Waals surface area contributed by atoms with Crippen LogP contribution >= 0.6 is 0 Å². The summed E-state index contributed by atoms with van der Waals surface area (Å²) in [7, 11) is 0. The first-order chi connectivity index (χ1) is 13.9. The van der Waals surface area contributed by atoms with Gasteiger partial charge in [0.05, 0.1) is 12.3 Å². The predicted molar refractivity (Wildman–Crippen MR) is 103 cm³/mol. The van der Waals surface area contributed by atoms with E-state index in [1.165, 1.54) is 17.0 Å². The normalized spacial score (nSPS) is 18.3. The molecule has 1 aliphatic heterocycles. The number of carbonyl (C=O) groups is 2. The van der Waals surface area contributed by atoms with Crippen molar-refractivity contribution in [2.24, 2.45) is 5.73 Å². The number of likely N-dealkylation sites (N-methyl/N-ethyl adjacent to an activating group) is 1. The molecule has 1 heterocycles. The van der Waals surface area contributed by atoms with Crippen LogP contribution in [0.2, 0.25) is 0 Å². The van der Waals surface area contributed by atoms with Gasteiger partial charge in [-0.05, 0) is 31.5 Å². The topological polar surface area (TPSA) is 97.1 Å². The van der Waals surface area contributed by atoms with Crippen LogP contribution in [0.25, 0.3) is 0 Å². The number of anilines is 2. The van der Waals surface area contributed by atoms with Gasteiger partial charge in [-0.3, -0.25) is 14.5 Å². The number of alkyl halides is 2. The molecule has 10 heteroatoms. The molecule has 8 nitrogen and oxygen atoms in total. The summed E-state index contributed by atoms with van der Waals surface area (Å²) in [6.45, 7) is 0.138. The Hall–Kier alpha value is -2.30. The molecule has 3 N–H and O–H groups in total. The molecule has 0 unspecified atom stereocenters. The van der Waals surface area contributed by atoms with Gasteiger partial charge in [0, 0.05) is 30.9 Å². The van der Waals surface area contributed by atoms with Crippen LogP contribution in [0.4, 0.5) is 20.2 Å². The highest BCUT2D eigenvalue weighted by molar-refractivity contribution is 5.98. The first-order valence-electron chi connectivity index (χ1n) is 9.68. The molecule has 3 rings (SSSR count). The Morgan fingerprint density at radius 1 is 1.45 bits per heavy atom. The second kappa shape index (κ2) is 9.47. The number of rotatable bonds is 9. The molecule has 1 saturated carbocycles. The minimum absolute atomic E-state index is 0.126. The van der Waals surface area contributed by atoms with E-state index in [-0.39, 0.29) is 42.9 Å². The molecule has 0 bridgehead atoms. The van der Waals surface area contributed by atoms with Gasteiger partial charge in [-0.1, -0.05) is 6.92 Å². The number of morpholine rings is 1. The molecule has 29 heavy (non-hydrogen) atoms. The number of nitrogens with two attached hydrogens (primary N) is 1. The van der Waals surface area contributed by atoms with E-state index in [2.05, 4.69) is 10.1 Å². The van der Waals surface area contributed by atoms with Gasteiger partial charge in [-0.15, -0.1) is 0 Å². The average molecular weight is 412 g/mol. The van der Waals surface area contributed by atoms with Crippen molar-refractivity contribution in [3.8, 4) is 5.75 Å². The molecule has 0 aromatic heterocycles. The fourth-order valence-electron chi connectivity index (χ4n) is 3.54. The SMILES string of the molecule is CCN(C1CC1)[C@H](CN)C(=O)Nc1ccc(N2CCOCC2=O)c(OC(F)F)c1. The molecule has 2 aliphatic rings. The largest absolute Gasteiger partial charge is 0.433 e. The lowest BCUT2D eigenvalue weighted by atomic mass is 10.2. The van der Waals surface area contributed by atoms with Crippen molar-refractivity contribution >= 4 is 23.2 Å². The quantitative estimate of drug-likeness (QED) is 0.637. The third-order valence-corrected chi connectivity index (χ3v) is 5.03. The number of nitrogens with zero attached hydrogens (tertiary/aromatic N) is 2. The average Bonchev–Trinajstić information content (AvgIpc) is 3.51. The van der Waals surface area contributed by atoms with Gasteiger partial charge >= 0.3 is 6.61 Å². The Balaban J connectivity index is 1.80. The Bertz CT molecular complexity index is 745. The first-order valence-corrected chi connectivity index (χ1v) is 9.68. The van der Waals surface area contributed by atoms with E-state index < -0.39 is 12.7 Å². The monoisotopic (exact) mass is 412 g/mol. The third-order valence-electron chi connectivity index (χ3n) is 5.03. The molecule has 1 saturated heterocycles. The standard InChI is InChI=1S/C19H26F2N4O4/c1-2-24(13-4-5-13)15(10-22)18(27)23-12-3-6-14(16(9-12)29-19(20)21)25-7-8-28-11-17(25)26/h3,6,9,13,15,19H,2,4-5,7-8,10-11,22H2,1H3,(H,23,27)/t15-/m1/s1. The summed E-state index contributed by atoms with van der Waals surface area (Å²) in [5, 5.41) is 2.73. The Kier molecular flexibility index (Phi) is 6.99. The molecule has 2 amide bonds. The van der Waals surface area contributed by atoms with E-state index in [1.54, 1.807) is 6.07 Å². The molecule has 1 aromatic carbocycles. The molecule has 1 aromatic rings. The van der Waals surface area contributed by atoms with Crippen molar-refractivity contribution in [1.82, 2.24) is 4.90 Å². The summed E-state index contributed by atoms with van der Waals surface area (Å²) in [5.74, 6) is -0.843. The smallest absolute Gasteiger partial charge is 0.387 e. The van der Waals surface area contributed by atoms with Gasteiger partial charge in [0.2, 0.25) is 5.91 Å². The Morgan fingerprint density at radius 3 is 2.79 bits per heavy atom. The molecular weight excluding hydrogens is 386 g/mol. The summed E-state index contributed by atoms with van der Waals surface area (Å²) in [6, 6.07) is 4.17. The van der Waals surface area contributed by atoms with E-state index in [4.69, 9.17) is 10.5 Å². The Morgan fingerprint density at radius 2 is 2.21 bits per heavy atom. The zero-order valence-corrected chi connectivity index (χ0v) is 16.3. The maximum absolute atomic E-state index is 12.9. The van der Waals surface area contributed by atoms with Crippen molar-refractivity contribution < 1.29 is 27.8 Å². The fraction of sp³-hybridized carbons (Fsp3) is 0.579. The lowest BCUT2D eigenvalue weighted by Crippen LogP contribution is -2.49. The lowest BCUT2D eigenvalue weighted by molar-refractivity contribution is -0.126. The summed E-state index contributed by atoms with van der Waals surface area (Å²) in [4.78, 5) is 28.2. The molecule has 2 fully saturated rings. The number of hydrogen-bond donors (Lipinski definition) is 2. The minimum atomic E-state index is -3.07. The van der Waals surface area contributed by atoms with E-state index in [9.17, 15) is 18.4 Å². The van der Waals surface area contributed by atoms with Crippen LogP contribution < -0.4 is 20.7 Å². The molecule has 1 atom stereocenters. The number of nitrogens with one attached hydrogen (secondary N) is 1.